The van der Waals surface area contributed by atoms with Crippen molar-refractivity contribution in [2.75, 3.05) is 25.0 Å². The van der Waals surface area contributed by atoms with Crippen molar-refractivity contribution in [3.05, 3.63) is 9.98 Å². The van der Waals surface area contributed by atoms with Crippen molar-refractivity contribution in [3.8, 4) is 0 Å². The van der Waals surface area contributed by atoms with Crippen LogP contribution in [0.4, 0.5) is 5.13 Å². The molecule has 0 bridgehead atoms. The average molecular weight is 290 g/mol. The van der Waals surface area contributed by atoms with E-state index in [0.717, 1.165) is 35.7 Å². The number of carbonyl (C=O) groups is 1. The molecular weight excluding hydrogens is 278 g/mol. The summed E-state index contributed by atoms with van der Waals surface area (Å²) in [7, 11) is 0. The Morgan fingerprint density at radius 3 is 2.93 bits per heavy atom. The number of carbonyl (C=O) groups excluding carboxylic acids is 1. The predicted octanol–water partition coefficient (Wildman–Crippen LogP) is 1.94. The summed E-state index contributed by atoms with van der Waals surface area (Å²) in [5, 5.41) is 5.71. The summed E-state index contributed by atoms with van der Waals surface area (Å²) in [6.45, 7) is 2.16. The maximum atomic E-state index is 11.7. The van der Waals surface area contributed by atoms with Crippen LogP contribution in [-0.4, -0.2) is 35.4 Å². The molecule has 15 heavy (non-hydrogen) atoms. The first-order valence-corrected chi connectivity index (χ1v) is 6.55. The van der Waals surface area contributed by atoms with Gasteiger partial charge in [0.05, 0.1) is 6.54 Å². The predicted molar refractivity (Wildman–Crippen MR) is 64.1 cm³/mol. The van der Waals surface area contributed by atoms with Gasteiger partial charge in [-0.15, -0.1) is 11.3 Å². The molecule has 0 aromatic carbocycles. The molecule has 82 valence electrons. The lowest BCUT2D eigenvalue weighted by molar-refractivity contribution is -0.128. The number of hydrogen-bond donors (Lipinski definition) is 1. The Labute approximate surface area is 101 Å². The van der Waals surface area contributed by atoms with Gasteiger partial charge in [0.15, 0.2) is 5.13 Å². The molecule has 1 aliphatic heterocycles. The molecule has 1 amide bonds. The molecule has 1 aliphatic rings. The molecule has 1 N–H and O–H groups in total. The van der Waals surface area contributed by atoms with E-state index in [-0.39, 0.29) is 5.91 Å². The minimum absolute atomic E-state index is 0.166. The molecule has 1 aromatic heterocycles. The number of hydrogen-bond acceptors (Lipinski definition) is 4. The fourth-order valence-electron chi connectivity index (χ4n) is 1.56. The third kappa shape index (κ3) is 2.92. The fourth-order valence-corrected chi connectivity index (χ4v) is 2.71. The topological polar surface area (TPSA) is 45.2 Å². The Morgan fingerprint density at radius 2 is 2.33 bits per heavy atom. The van der Waals surface area contributed by atoms with Gasteiger partial charge in [-0.05, 0) is 28.8 Å². The normalized spacial score (nSPS) is 15.7. The van der Waals surface area contributed by atoms with E-state index in [1.165, 1.54) is 11.3 Å². The van der Waals surface area contributed by atoms with E-state index in [2.05, 4.69) is 26.2 Å². The zero-order valence-electron chi connectivity index (χ0n) is 8.20. The number of halogens is 1. The highest BCUT2D eigenvalue weighted by Crippen LogP contribution is 2.19. The molecule has 0 aliphatic carbocycles. The molecule has 2 rings (SSSR count). The SMILES string of the molecule is O=C(CNc1nc(Br)cs1)N1CCCC1. The van der Waals surface area contributed by atoms with Crippen molar-refractivity contribution in [2.45, 2.75) is 12.8 Å². The maximum absolute atomic E-state index is 11.7. The zero-order valence-corrected chi connectivity index (χ0v) is 10.6. The number of aromatic nitrogens is 1. The van der Waals surface area contributed by atoms with Gasteiger partial charge in [0.25, 0.3) is 0 Å². The zero-order chi connectivity index (χ0) is 10.7. The van der Waals surface area contributed by atoms with Crippen molar-refractivity contribution in [3.63, 3.8) is 0 Å². The summed E-state index contributed by atoms with van der Waals surface area (Å²) < 4.78 is 0.809. The van der Waals surface area contributed by atoms with E-state index in [9.17, 15) is 4.79 Å². The quantitative estimate of drug-likeness (QED) is 0.925. The van der Waals surface area contributed by atoms with Gasteiger partial charge in [-0.2, -0.15) is 0 Å². The first-order chi connectivity index (χ1) is 7.25. The Bertz CT molecular complexity index is 349. The molecule has 1 saturated heterocycles. The first-order valence-electron chi connectivity index (χ1n) is 4.88. The van der Waals surface area contributed by atoms with Gasteiger partial charge in [0, 0.05) is 18.5 Å². The van der Waals surface area contributed by atoms with Gasteiger partial charge >= 0.3 is 0 Å². The number of rotatable bonds is 3. The van der Waals surface area contributed by atoms with E-state index in [0.29, 0.717) is 6.54 Å². The minimum Gasteiger partial charge on any atom is -0.352 e. The van der Waals surface area contributed by atoms with Crippen LogP contribution >= 0.6 is 27.3 Å². The third-order valence-electron chi connectivity index (χ3n) is 2.33. The molecule has 0 unspecified atom stereocenters. The number of likely N-dealkylation sites (tertiary alicyclic amines) is 1. The summed E-state index contributed by atoms with van der Waals surface area (Å²) in [6.07, 6.45) is 2.27. The average Bonchev–Trinajstić information content (AvgIpc) is 2.84. The largest absolute Gasteiger partial charge is 0.352 e. The second-order valence-corrected chi connectivity index (χ2v) is 5.09. The van der Waals surface area contributed by atoms with Crippen LogP contribution < -0.4 is 5.32 Å². The lowest BCUT2D eigenvalue weighted by atomic mass is 10.4. The highest BCUT2D eigenvalue weighted by molar-refractivity contribution is 9.10. The summed E-state index contributed by atoms with van der Waals surface area (Å²) >= 11 is 4.76. The molecule has 2 heterocycles. The molecule has 0 spiro atoms. The summed E-state index contributed by atoms with van der Waals surface area (Å²) in [5.74, 6) is 0.166. The number of nitrogens with zero attached hydrogens (tertiary/aromatic N) is 2. The van der Waals surface area contributed by atoms with Crippen LogP contribution in [0.2, 0.25) is 0 Å². The number of amides is 1. The third-order valence-corrected chi connectivity index (χ3v) is 3.84. The van der Waals surface area contributed by atoms with E-state index in [1.807, 2.05) is 10.3 Å². The summed E-state index contributed by atoms with van der Waals surface area (Å²) in [6, 6.07) is 0. The van der Waals surface area contributed by atoms with E-state index < -0.39 is 0 Å². The van der Waals surface area contributed by atoms with Gasteiger partial charge in [-0.1, -0.05) is 0 Å². The molecule has 0 atom stereocenters. The lowest BCUT2D eigenvalue weighted by Gasteiger charge is -2.14. The standard InChI is InChI=1S/C9H12BrN3OS/c10-7-6-15-9(12-7)11-5-8(14)13-3-1-2-4-13/h6H,1-5H2,(H,11,12). The second-order valence-electron chi connectivity index (χ2n) is 3.42. The van der Waals surface area contributed by atoms with Crippen LogP contribution in [0.15, 0.2) is 9.98 Å². The van der Waals surface area contributed by atoms with E-state index in [4.69, 9.17) is 0 Å². The molecule has 0 saturated carbocycles. The van der Waals surface area contributed by atoms with Gasteiger partial charge in [-0.3, -0.25) is 4.79 Å². The number of anilines is 1. The lowest BCUT2D eigenvalue weighted by Crippen LogP contribution is -2.32. The smallest absolute Gasteiger partial charge is 0.241 e. The molecule has 1 fully saturated rings. The van der Waals surface area contributed by atoms with E-state index >= 15 is 0 Å². The van der Waals surface area contributed by atoms with Crippen LogP contribution in [-0.2, 0) is 4.79 Å². The Hall–Kier alpha value is -0.620. The Kier molecular flexibility index (Phi) is 3.58. The summed E-state index contributed by atoms with van der Waals surface area (Å²) in [5.41, 5.74) is 0. The highest BCUT2D eigenvalue weighted by atomic mass is 79.9. The Balaban J connectivity index is 1.80. The van der Waals surface area contributed by atoms with Crippen molar-refractivity contribution in [1.82, 2.24) is 9.88 Å². The van der Waals surface area contributed by atoms with Crippen molar-refractivity contribution >= 4 is 38.3 Å². The van der Waals surface area contributed by atoms with Crippen molar-refractivity contribution in [2.24, 2.45) is 0 Å². The molecular formula is C9H12BrN3OS. The van der Waals surface area contributed by atoms with Crippen LogP contribution in [0, 0.1) is 0 Å². The van der Waals surface area contributed by atoms with E-state index in [1.54, 1.807) is 0 Å². The minimum atomic E-state index is 0.166. The second kappa shape index (κ2) is 4.94. The van der Waals surface area contributed by atoms with Crippen LogP contribution in [0.25, 0.3) is 0 Å². The monoisotopic (exact) mass is 289 g/mol. The highest BCUT2D eigenvalue weighted by Gasteiger charge is 2.17. The van der Waals surface area contributed by atoms with Gasteiger partial charge in [0.1, 0.15) is 4.60 Å². The Morgan fingerprint density at radius 1 is 1.60 bits per heavy atom. The number of thiazole rings is 1. The molecule has 1 aromatic rings. The van der Waals surface area contributed by atoms with Crippen LogP contribution in [0.5, 0.6) is 0 Å². The van der Waals surface area contributed by atoms with Gasteiger partial charge in [0.2, 0.25) is 5.91 Å². The fraction of sp³-hybridized carbons (Fsp3) is 0.556. The first kappa shape index (κ1) is 10.9. The molecule has 0 radical (unpaired) electrons. The molecule has 6 heteroatoms. The van der Waals surface area contributed by atoms with Gasteiger partial charge < -0.3 is 10.2 Å². The van der Waals surface area contributed by atoms with Crippen molar-refractivity contribution < 1.29 is 4.79 Å². The van der Waals surface area contributed by atoms with Crippen LogP contribution in [0.3, 0.4) is 0 Å². The summed E-state index contributed by atoms with van der Waals surface area (Å²) in [4.78, 5) is 17.7. The maximum Gasteiger partial charge on any atom is 0.241 e. The number of nitrogens with one attached hydrogen (secondary N) is 1. The van der Waals surface area contributed by atoms with Gasteiger partial charge in [-0.25, -0.2) is 4.98 Å². The van der Waals surface area contributed by atoms with Crippen molar-refractivity contribution in [1.29, 1.82) is 0 Å². The molecule has 4 nitrogen and oxygen atoms in total. The van der Waals surface area contributed by atoms with Crippen LogP contribution in [0.1, 0.15) is 12.8 Å².